The molecule has 0 saturated carbocycles. The standard InChI is InChI=1S/C13H9Cl4NO4S/c14-13(15,16)7-22-12(19)18-10-3-1-8-2-4-11(23(17,20)21)6-9(8)5-10/h1-6H,7H2,(H,18,19). The predicted octanol–water partition coefficient (Wildman–Crippen LogP) is 4.69. The molecule has 0 spiro atoms. The third-order valence-electron chi connectivity index (χ3n) is 2.71. The van der Waals surface area contributed by atoms with Gasteiger partial charge in [0.1, 0.15) is 6.61 Å². The summed E-state index contributed by atoms with van der Waals surface area (Å²) in [5.41, 5.74) is 0.385. The van der Waals surface area contributed by atoms with Crippen LogP contribution in [0.25, 0.3) is 10.8 Å². The summed E-state index contributed by atoms with van der Waals surface area (Å²) in [6.07, 6.45) is -0.809. The van der Waals surface area contributed by atoms with Crippen molar-refractivity contribution in [1.82, 2.24) is 0 Å². The lowest BCUT2D eigenvalue weighted by Gasteiger charge is -2.12. The van der Waals surface area contributed by atoms with Gasteiger partial charge in [-0.2, -0.15) is 0 Å². The fourth-order valence-electron chi connectivity index (χ4n) is 1.76. The molecule has 0 aromatic heterocycles. The molecule has 0 fully saturated rings. The first kappa shape index (κ1) is 18.4. The smallest absolute Gasteiger partial charge is 0.411 e. The van der Waals surface area contributed by atoms with Gasteiger partial charge in [-0.25, -0.2) is 13.2 Å². The van der Waals surface area contributed by atoms with E-state index in [-0.39, 0.29) is 4.90 Å². The Balaban J connectivity index is 2.20. The molecule has 0 saturated heterocycles. The number of hydrogen-bond acceptors (Lipinski definition) is 4. The van der Waals surface area contributed by atoms with Gasteiger partial charge < -0.3 is 4.74 Å². The largest absolute Gasteiger partial charge is 0.445 e. The molecule has 0 heterocycles. The summed E-state index contributed by atoms with van der Waals surface area (Å²) in [4.78, 5) is 11.6. The van der Waals surface area contributed by atoms with Gasteiger partial charge in [-0.15, -0.1) is 0 Å². The second-order valence-electron chi connectivity index (χ2n) is 4.48. The molecule has 0 atom stereocenters. The van der Waals surface area contributed by atoms with Crippen LogP contribution < -0.4 is 5.32 Å². The Morgan fingerprint density at radius 1 is 1.09 bits per heavy atom. The average Bonchev–Trinajstić information content (AvgIpc) is 2.43. The van der Waals surface area contributed by atoms with Crippen molar-refractivity contribution in [2.24, 2.45) is 0 Å². The Bertz CT molecular complexity index is 849. The zero-order chi connectivity index (χ0) is 17.3. The van der Waals surface area contributed by atoms with Crippen molar-refractivity contribution in [1.29, 1.82) is 0 Å². The van der Waals surface area contributed by atoms with E-state index in [4.69, 9.17) is 50.2 Å². The minimum atomic E-state index is -3.84. The van der Waals surface area contributed by atoms with E-state index in [0.717, 1.165) is 5.39 Å². The molecule has 0 aliphatic rings. The SMILES string of the molecule is O=C(Nc1ccc2ccc(S(=O)(=O)Cl)cc2c1)OCC(Cl)(Cl)Cl. The van der Waals surface area contributed by atoms with Gasteiger partial charge in [0.2, 0.25) is 3.79 Å². The molecule has 1 N–H and O–H groups in total. The number of benzene rings is 2. The van der Waals surface area contributed by atoms with Crippen molar-refractivity contribution in [3.05, 3.63) is 36.4 Å². The van der Waals surface area contributed by atoms with Crippen molar-refractivity contribution in [3.8, 4) is 0 Å². The number of fused-ring (bicyclic) bond motifs is 1. The van der Waals surface area contributed by atoms with Crippen molar-refractivity contribution in [2.45, 2.75) is 8.69 Å². The number of carbonyl (C=O) groups excluding carboxylic acids is 1. The number of anilines is 1. The molecule has 2 aromatic carbocycles. The Kier molecular flexibility index (Phi) is 5.53. The summed E-state index contributed by atoms with van der Waals surface area (Å²) in [6, 6.07) is 9.29. The van der Waals surface area contributed by atoms with Crippen LogP contribution in [0.1, 0.15) is 0 Å². The van der Waals surface area contributed by atoms with Crippen molar-refractivity contribution in [3.63, 3.8) is 0 Å². The van der Waals surface area contributed by atoms with Crippen LogP contribution in [0.3, 0.4) is 0 Å². The van der Waals surface area contributed by atoms with Crippen molar-refractivity contribution >= 4 is 77.1 Å². The van der Waals surface area contributed by atoms with Gasteiger partial charge in [0.15, 0.2) is 0 Å². The van der Waals surface area contributed by atoms with Crippen LogP contribution >= 0.6 is 45.5 Å². The molecule has 2 rings (SSSR count). The second kappa shape index (κ2) is 6.91. The van der Waals surface area contributed by atoms with Crippen LogP contribution in [0, 0.1) is 0 Å². The third-order valence-corrected chi connectivity index (χ3v) is 4.39. The molecule has 1 amide bonds. The molecule has 0 radical (unpaired) electrons. The third kappa shape index (κ3) is 5.58. The van der Waals surface area contributed by atoms with Crippen LogP contribution in [0.4, 0.5) is 10.5 Å². The molecule has 0 bridgehead atoms. The lowest BCUT2D eigenvalue weighted by Crippen LogP contribution is -2.21. The first-order chi connectivity index (χ1) is 10.5. The van der Waals surface area contributed by atoms with E-state index in [1.54, 1.807) is 24.3 Å². The second-order valence-corrected chi connectivity index (χ2v) is 9.56. The maximum Gasteiger partial charge on any atom is 0.411 e. The monoisotopic (exact) mass is 415 g/mol. The summed E-state index contributed by atoms with van der Waals surface area (Å²) < 4.78 is 25.7. The number of halogens is 4. The van der Waals surface area contributed by atoms with Crippen LogP contribution in [-0.2, 0) is 13.8 Å². The number of ether oxygens (including phenoxy) is 1. The minimum absolute atomic E-state index is 0.0393. The highest BCUT2D eigenvalue weighted by Gasteiger charge is 2.22. The lowest BCUT2D eigenvalue weighted by atomic mass is 10.1. The lowest BCUT2D eigenvalue weighted by molar-refractivity contribution is 0.164. The minimum Gasteiger partial charge on any atom is -0.445 e. The average molecular weight is 417 g/mol. The number of hydrogen-bond donors (Lipinski definition) is 1. The summed E-state index contributed by atoms with van der Waals surface area (Å²) in [7, 11) is 1.47. The van der Waals surface area contributed by atoms with Gasteiger partial charge in [-0.3, -0.25) is 5.32 Å². The maximum absolute atomic E-state index is 11.6. The molecule has 23 heavy (non-hydrogen) atoms. The summed E-state index contributed by atoms with van der Waals surface area (Å²) in [5, 5.41) is 3.79. The van der Waals surface area contributed by atoms with E-state index in [2.05, 4.69) is 5.32 Å². The molecular formula is C13H9Cl4NO4S. The fourth-order valence-corrected chi connectivity index (χ4v) is 2.71. The van der Waals surface area contributed by atoms with E-state index in [1.165, 1.54) is 12.1 Å². The number of alkyl halides is 3. The van der Waals surface area contributed by atoms with Crippen molar-refractivity contribution in [2.75, 3.05) is 11.9 Å². The Morgan fingerprint density at radius 2 is 1.74 bits per heavy atom. The van der Waals surface area contributed by atoms with E-state index < -0.39 is 25.5 Å². The highest BCUT2D eigenvalue weighted by atomic mass is 35.7. The van der Waals surface area contributed by atoms with E-state index >= 15 is 0 Å². The van der Waals surface area contributed by atoms with Crippen LogP contribution in [0.5, 0.6) is 0 Å². The van der Waals surface area contributed by atoms with Gasteiger partial charge in [-0.05, 0) is 35.0 Å². The molecular weight excluding hydrogens is 408 g/mol. The first-order valence-electron chi connectivity index (χ1n) is 6.04. The number of rotatable bonds is 3. The number of carbonyl (C=O) groups is 1. The van der Waals surface area contributed by atoms with Crippen LogP contribution in [0.2, 0.25) is 0 Å². The summed E-state index contributed by atoms with van der Waals surface area (Å²) >= 11 is 16.4. The van der Waals surface area contributed by atoms with Crippen LogP contribution in [-0.4, -0.2) is 24.9 Å². The zero-order valence-electron chi connectivity index (χ0n) is 11.2. The fraction of sp³-hybridized carbons (Fsp3) is 0.154. The number of amides is 1. The Morgan fingerprint density at radius 3 is 2.35 bits per heavy atom. The summed E-state index contributed by atoms with van der Waals surface area (Å²) in [5.74, 6) is 0. The predicted molar refractivity (Wildman–Crippen MR) is 92.2 cm³/mol. The van der Waals surface area contributed by atoms with Gasteiger partial charge >= 0.3 is 6.09 Å². The maximum atomic E-state index is 11.6. The molecule has 10 heteroatoms. The Hall–Kier alpha value is -0.920. The molecule has 0 aliphatic carbocycles. The molecule has 0 aliphatic heterocycles. The summed E-state index contributed by atoms with van der Waals surface area (Å²) in [6.45, 7) is -0.411. The molecule has 124 valence electrons. The zero-order valence-corrected chi connectivity index (χ0v) is 15.1. The van der Waals surface area contributed by atoms with Crippen molar-refractivity contribution < 1.29 is 17.9 Å². The normalized spacial score (nSPS) is 12.2. The van der Waals surface area contributed by atoms with Gasteiger partial charge in [0.25, 0.3) is 9.05 Å². The Labute approximate surface area is 151 Å². The van der Waals surface area contributed by atoms with E-state index in [0.29, 0.717) is 11.1 Å². The molecule has 2 aromatic rings. The van der Waals surface area contributed by atoms with E-state index in [1.807, 2.05) is 0 Å². The van der Waals surface area contributed by atoms with E-state index in [9.17, 15) is 13.2 Å². The first-order valence-corrected chi connectivity index (χ1v) is 9.48. The van der Waals surface area contributed by atoms with Crippen LogP contribution in [0.15, 0.2) is 41.3 Å². The highest BCUT2D eigenvalue weighted by Crippen LogP contribution is 2.27. The topological polar surface area (TPSA) is 72.5 Å². The quantitative estimate of drug-likeness (QED) is 0.582. The van der Waals surface area contributed by atoms with Gasteiger partial charge in [0, 0.05) is 16.4 Å². The number of nitrogens with one attached hydrogen (secondary N) is 1. The molecule has 5 nitrogen and oxygen atoms in total. The van der Waals surface area contributed by atoms with Gasteiger partial charge in [-0.1, -0.05) is 46.9 Å². The van der Waals surface area contributed by atoms with Gasteiger partial charge in [0.05, 0.1) is 4.90 Å². The highest BCUT2D eigenvalue weighted by molar-refractivity contribution is 8.13. The molecule has 0 unspecified atom stereocenters.